The van der Waals surface area contributed by atoms with E-state index in [1.807, 2.05) is 18.2 Å². The van der Waals surface area contributed by atoms with Gasteiger partial charge in [0.2, 0.25) is 0 Å². The second kappa shape index (κ2) is 7.81. The molecule has 4 aliphatic rings. The minimum atomic E-state index is -0.237. The molecule has 0 aromatic heterocycles. The van der Waals surface area contributed by atoms with Crippen molar-refractivity contribution in [2.24, 2.45) is 40.4 Å². The van der Waals surface area contributed by atoms with Crippen molar-refractivity contribution < 1.29 is 19.1 Å². The van der Waals surface area contributed by atoms with Crippen molar-refractivity contribution in [2.75, 3.05) is 0 Å². The highest BCUT2D eigenvalue weighted by molar-refractivity contribution is 5.89. The lowest BCUT2D eigenvalue weighted by molar-refractivity contribution is -0.162. The van der Waals surface area contributed by atoms with Gasteiger partial charge < -0.3 is 4.74 Å². The van der Waals surface area contributed by atoms with Crippen LogP contribution in [0.1, 0.15) is 82.5 Å². The summed E-state index contributed by atoms with van der Waals surface area (Å²) in [7, 11) is 0. The van der Waals surface area contributed by atoms with Crippen LogP contribution < -0.4 is 0 Å². The van der Waals surface area contributed by atoms with Crippen LogP contribution in [0.3, 0.4) is 0 Å². The molecule has 4 saturated carbocycles. The molecule has 32 heavy (non-hydrogen) atoms. The summed E-state index contributed by atoms with van der Waals surface area (Å²) in [5, 5.41) is 0. The lowest BCUT2D eigenvalue weighted by Gasteiger charge is -2.59. The summed E-state index contributed by atoms with van der Waals surface area (Å²) >= 11 is 0. The molecule has 0 unspecified atom stereocenters. The topological polar surface area (TPSA) is 60.4 Å². The molecule has 4 heteroatoms. The van der Waals surface area contributed by atoms with Gasteiger partial charge in [-0.15, -0.1) is 0 Å². The number of rotatable bonds is 3. The minimum absolute atomic E-state index is 0.00864. The van der Waals surface area contributed by atoms with E-state index >= 15 is 0 Å². The third-order valence-corrected chi connectivity index (χ3v) is 10.1. The first-order valence-corrected chi connectivity index (χ1v) is 12.5. The molecule has 0 bridgehead atoms. The Balaban J connectivity index is 1.33. The third kappa shape index (κ3) is 3.28. The first-order valence-electron chi connectivity index (χ1n) is 12.5. The summed E-state index contributed by atoms with van der Waals surface area (Å²) in [6, 6.07) is 9.22. The Hall–Kier alpha value is -1.97. The van der Waals surface area contributed by atoms with E-state index in [4.69, 9.17) is 4.74 Å². The van der Waals surface area contributed by atoms with E-state index < -0.39 is 0 Å². The van der Waals surface area contributed by atoms with Crippen LogP contribution in [0, 0.1) is 40.4 Å². The first kappa shape index (κ1) is 21.9. The predicted octanol–water partition coefficient (Wildman–Crippen LogP) is 5.64. The molecule has 1 aromatic carbocycles. The average molecular weight is 437 g/mol. The Morgan fingerprint density at radius 1 is 0.969 bits per heavy atom. The molecule has 0 N–H and O–H groups in total. The van der Waals surface area contributed by atoms with Crippen molar-refractivity contribution in [3.8, 4) is 0 Å². The number of benzene rings is 1. The Labute approximate surface area is 191 Å². The fourth-order valence-electron chi connectivity index (χ4n) is 8.60. The van der Waals surface area contributed by atoms with Crippen LogP contribution in [0.25, 0.3) is 0 Å². The number of carbonyl (C=O) groups is 3. The Kier molecular flexibility index (Phi) is 5.34. The van der Waals surface area contributed by atoms with E-state index in [2.05, 4.69) is 13.8 Å². The zero-order chi connectivity index (χ0) is 22.7. The Morgan fingerprint density at radius 2 is 1.72 bits per heavy atom. The second-order valence-electron chi connectivity index (χ2n) is 11.6. The smallest absolute Gasteiger partial charge is 0.338 e. The highest BCUT2D eigenvalue weighted by Crippen LogP contribution is 2.66. The maximum Gasteiger partial charge on any atom is 0.338 e. The molecule has 0 spiro atoms. The summed E-state index contributed by atoms with van der Waals surface area (Å²) in [5.41, 5.74) is 0.452. The summed E-state index contributed by atoms with van der Waals surface area (Å²) in [6.07, 6.45) is 7.36. The van der Waals surface area contributed by atoms with Crippen LogP contribution in [-0.4, -0.2) is 23.6 Å². The standard InChI is InChI=1S/C28H36O4/c1-17(29)22-11-12-23-21-10-9-19-15-20(32-26(31)18-7-5-4-6-8-18)13-14-27(19,2)25(21)24(30)16-28(22,23)3/h4-8,19-23,25H,9-16H2,1-3H3/t19-,20-,21+,22+,23-,25+,27+,28-/m1/s1. The van der Waals surface area contributed by atoms with Gasteiger partial charge in [0, 0.05) is 18.3 Å². The lowest BCUT2D eigenvalue weighted by atomic mass is 9.44. The van der Waals surface area contributed by atoms with E-state index in [9.17, 15) is 14.4 Å². The van der Waals surface area contributed by atoms with Gasteiger partial charge in [-0.25, -0.2) is 4.79 Å². The van der Waals surface area contributed by atoms with Crippen LogP contribution in [-0.2, 0) is 14.3 Å². The van der Waals surface area contributed by atoms with Crippen molar-refractivity contribution >= 4 is 17.5 Å². The number of hydrogen-bond donors (Lipinski definition) is 0. The van der Waals surface area contributed by atoms with E-state index in [1.165, 1.54) is 0 Å². The highest BCUT2D eigenvalue weighted by Gasteiger charge is 2.63. The van der Waals surface area contributed by atoms with Gasteiger partial charge in [0.1, 0.15) is 17.7 Å². The second-order valence-corrected chi connectivity index (χ2v) is 11.6. The molecule has 0 amide bonds. The zero-order valence-corrected chi connectivity index (χ0v) is 19.6. The molecule has 4 fully saturated rings. The van der Waals surface area contributed by atoms with Crippen LogP contribution in [0.2, 0.25) is 0 Å². The zero-order valence-electron chi connectivity index (χ0n) is 19.6. The molecule has 4 aliphatic carbocycles. The molecule has 4 nitrogen and oxygen atoms in total. The van der Waals surface area contributed by atoms with Gasteiger partial charge in [0.15, 0.2) is 0 Å². The minimum Gasteiger partial charge on any atom is -0.459 e. The summed E-state index contributed by atoms with van der Waals surface area (Å²) in [6.45, 7) is 6.27. The number of Topliss-reactive ketones (excluding diaryl/α,β-unsaturated/α-hetero) is 2. The quantitative estimate of drug-likeness (QED) is 0.576. The number of ketones is 2. The summed E-state index contributed by atoms with van der Waals surface area (Å²) < 4.78 is 5.90. The molecular formula is C28H36O4. The fraction of sp³-hybridized carbons (Fsp3) is 0.679. The van der Waals surface area contributed by atoms with Crippen LogP contribution >= 0.6 is 0 Å². The van der Waals surface area contributed by atoms with Crippen molar-refractivity contribution in [1.82, 2.24) is 0 Å². The first-order chi connectivity index (χ1) is 15.2. The number of esters is 1. The highest BCUT2D eigenvalue weighted by atomic mass is 16.5. The molecule has 0 saturated heterocycles. The van der Waals surface area contributed by atoms with E-state index in [1.54, 1.807) is 19.1 Å². The number of hydrogen-bond acceptors (Lipinski definition) is 4. The molecule has 5 rings (SSSR count). The molecular weight excluding hydrogens is 400 g/mol. The number of carbonyl (C=O) groups excluding carboxylic acids is 3. The largest absolute Gasteiger partial charge is 0.459 e. The summed E-state index contributed by atoms with van der Waals surface area (Å²) in [4.78, 5) is 38.6. The van der Waals surface area contributed by atoms with Crippen LogP contribution in [0.15, 0.2) is 30.3 Å². The lowest BCUT2D eigenvalue weighted by Crippen LogP contribution is -2.58. The molecule has 1 aromatic rings. The molecule has 0 radical (unpaired) electrons. The molecule has 0 aliphatic heterocycles. The van der Waals surface area contributed by atoms with Gasteiger partial charge >= 0.3 is 5.97 Å². The van der Waals surface area contributed by atoms with Crippen LogP contribution in [0.4, 0.5) is 0 Å². The van der Waals surface area contributed by atoms with E-state index in [-0.39, 0.29) is 40.5 Å². The van der Waals surface area contributed by atoms with E-state index in [0.29, 0.717) is 35.5 Å². The Morgan fingerprint density at radius 3 is 2.44 bits per heavy atom. The molecule has 8 atom stereocenters. The van der Waals surface area contributed by atoms with Gasteiger partial charge in [-0.3, -0.25) is 9.59 Å². The van der Waals surface area contributed by atoms with Crippen molar-refractivity contribution in [2.45, 2.75) is 78.2 Å². The monoisotopic (exact) mass is 436 g/mol. The van der Waals surface area contributed by atoms with Crippen molar-refractivity contribution in [3.63, 3.8) is 0 Å². The fourth-order valence-corrected chi connectivity index (χ4v) is 8.60. The molecule has 0 heterocycles. The summed E-state index contributed by atoms with van der Waals surface area (Å²) in [5.74, 6) is 1.91. The number of fused-ring (bicyclic) bond motifs is 5. The van der Waals surface area contributed by atoms with Crippen LogP contribution in [0.5, 0.6) is 0 Å². The molecule has 172 valence electrons. The number of ether oxygens (including phenoxy) is 1. The van der Waals surface area contributed by atoms with Crippen molar-refractivity contribution in [1.29, 1.82) is 0 Å². The van der Waals surface area contributed by atoms with Gasteiger partial charge in [0.25, 0.3) is 0 Å². The third-order valence-electron chi connectivity index (χ3n) is 10.1. The van der Waals surface area contributed by atoms with E-state index in [0.717, 1.165) is 44.9 Å². The Bertz CT molecular complexity index is 923. The van der Waals surface area contributed by atoms with Gasteiger partial charge in [0.05, 0.1) is 5.56 Å². The normalized spacial score (nSPS) is 43.0. The predicted molar refractivity (Wildman–Crippen MR) is 122 cm³/mol. The SMILES string of the molecule is CC(=O)[C@@H]1CC[C@@H]2[C@@H]3CC[C@@H]4C[C@H](OC(=O)c5ccccc5)CC[C@]4(C)[C@@H]3C(=O)C[C@@]21C. The maximum absolute atomic E-state index is 13.7. The van der Waals surface area contributed by atoms with Gasteiger partial charge in [-0.1, -0.05) is 32.0 Å². The van der Waals surface area contributed by atoms with Gasteiger partial charge in [-0.05, 0) is 92.6 Å². The maximum atomic E-state index is 13.7. The van der Waals surface area contributed by atoms with Crippen molar-refractivity contribution in [3.05, 3.63) is 35.9 Å². The van der Waals surface area contributed by atoms with Gasteiger partial charge in [-0.2, -0.15) is 0 Å². The average Bonchev–Trinajstić information content (AvgIpc) is 3.11.